The zero-order valence-electron chi connectivity index (χ0n) is 14.5. The summed E-state index contributed by atoms with van der Waals surface area (Å²) in [5, 5.41) is 0. The topological polar surface area (TPSA) is 57.7 Å². The Balaban J connectivity index is 1.46. The molecule has 5 nitrogen and oxygen atoms in total. The average molecular weight is 383 g/mol. The van der Waals surface area contributed by atoms with Gasteiger partial charge in [-0.05, 0) is 50.7 Å². The van der Waals surface area contributed by atoms with Crippen molar-refractivity contribution >= 4 is 27.3 Å². The lowest BCUT2D eigenvalue weighted by molar-refractivity contribution is -0.133. The molecule has 0 aromatic carbocycles. The Morgan fingerprint density at radius 1 is 1.04 bits per heavy atom. The fraction of sp³-hybridized carbons (Fsp3) is 0.722. The summed E-state index contributed by atoms with van der Waals surface area (Å²) >= 11 is 1.27. The molecule has 7 heteroatoms. The van der Waals surface area contributed by atoms with Gasteiger partial charge in [0.25, 0.3) is 10.0 Å². The quantitative estimate of drug-likeness (QED) is 0.760. The smallest absolute Gasteiger partial charge is 0.252 e. The number of carbonyl (C=O) groups excluding carboxylic acids is 1. The number of nitrogens with zero attached hydrogens (tertiary/aromatic N) is 2. The van der Waals surface area contributed by atoms with Gasteiger partial charge in [-0.2, -0.15) is 4.31 Å². The van der Waals surface area contributed by atoms with Crippen LogP contribution in [0.3, 0.4) is 0 Å². The SMILES string of the molecule is O=C(Cc1ccc(S(=O)(=O)N2CCCC2)s1)N(C1CCCC1)C1CC1. The molecule has 0 bridgehead atoms. The Morgan fingerprint density at radius 3 is 2.32 bits per heavy atom. The molecule has 2 aliphatic carbocycles. The molecular formula is C18H26N2O3S2. The van der Waals surface area contributed by atoms with Crippen molar-refractivity contribution in [2.24, 2.45) is 0 Å². The van der Waals surface area contributed by atoms with Crippen molar-refractivity contribution in [2.75, 3.05) is 13.1 Å². The maximum absolute atomic E-state index is 12.9. The summed E-state index contributed by atoms with van der Waals surface area (Å²) in [6.45, 7) is 1.23. The van der Waals surface area contributed by atoms with E-state index in [9.17, 15) is 13.2 Å². The van der Waals surface area contributed by atoms with Crippen molar-refractivity contribution in [3.63, 3.8) is 0 Å². The molecule has 2 heterocycles. The third-order valence-corrected chi connectivity index (χ3v) is 9.02. The van der Waals surface area contributed by atoms with Crippen LogP contribution >= 0.6 is 11.3 Å². The monoisotopic (exact) mass is 382 g/mol. The second-order valence-corrected chi connectivity index (χ2v) is 10.8. The van der Waals surface area contributed by atoms with Gasteiger partial charge < -0.3 is 4.90 Å². The van der Waals surface area contributed by atoms with Crippen molar-refractivity contribution in [1.82, 2.24) is 9.21 Å². The summed E-state index contributed by atoms with van der Waals surface area (Å²) in [5.74, 6) is 0.182. The Labute approximate surface area is 154 Å². The molecule has 1 aromatic rings. The Bertz CT molecular complexity index is 727. The molecule has 138 valence electrons. The Hall–Kier alpha value is -0.920. The van der Waals surface area contributed by atoms with E-state index in [1.165, 1.54) is 24.2 Å². The second-order valence-electron chi connectivity index (χ2n) is 7.48. The van der Waals surface area contributed by atoms with E-state index >= 15 is 0 Å². The lowest BCUT2D eigenvalue weighted by atomic mass is 10.2. The summed E-state index contributed by atoms with van der Waals surface area (Å²) in [7, 11) is -3.37. The number of hydrogen-bond acceptors (Lipinski definition) is 4. The third-order valence-electron chi connectivity index (χ3n) is 5.57. The summed E-state index contributed by atoms with van der Waals surface area (Å²) in [6.07, 6.45) is 9.16. The Kier molecular flexibility index (Phi) is 4.90. The highest BCUT2D eigenvalue weighted by Gasteiger charge is 2.38. The number of carbonyl (C=O) groups is 1. The molecule has 3 aliphatic rings. The van der Waals surface area contributed by atoms with Gasteiger partial charge in [0.1, 0.15) is 4.21 Å². The fourth-order valence-corrected chi connectivity index (χ4v) is 7.15. The van der Waals surface area contributed by atoms with E-state index in [4.69, 9.17) is 0 Å². The van der Waals surface area contributed by atoms with Gasteiger partial charge in [-0.1, -0.05) is 12.8 Å². The number of hydrogen-bond donors (Lipinski definition) is 0. The highest BCUT2D eigenvalue weighted by molar-refractivity contribution is 7.91. The van der Waals surface area contributed by atoms with E-state index in [1.807, 2.05) is 6.07 Å². The van der Waals surface area contributed by atoms with Crippen LogP contribution in [0.4, 0.5) is 0 Å². The highest BCUT2D eigenvalue weighted by atomic mass is 32.2. The van der Waals surface area contributed by atoms with Crippen molar-refractivity contribution in [3.05, 3.63) is 17.0 Å². The zero-order valence-corrected chi connectivity index (χ0v) is 16.2. The third kappa shape index (κ3) is 3.64. The fourth-order valence-electron chi connectivity index (χ4n) is 4.13. The van der Waals surface area contributed by atoms with E-state index in [1.54, 1.807) is 10.4 Å². The molecule has 0 unspecified atom stereocenters. The minimum absolute atomic E-state index is 0.182. The van der Waals surface area contributed by atoms with E-state index in [2.05, 4.69) is 4.90 Å². The van der Waals surface area contributed by atoms with Crippen molar-refractivity contribution in [2.45, 2.75) is 74.1 Å². The van der Waals surface area contributed by atoms with Crippen LogP contribution in [-0.2, 0) is 21.2 Å². The van der Waals surface area contributed by atoms with Gasteiger partial charge in [-0.25, -0.2) is 8.42 Å². The highest BCUT2D eigenvalue weighted by Crippen LogP contribution is 2.35. The van der Waals surface area contributed by atoms with Gasteiger partial charge >= 0.3 is 0 Å². The molecule has 0 atom stereocenters. The van der Waals surface area contributed by atoms with E-state index in [0.717, 1.165) is 43.4 Å². The van der Waals surface area contributed by atoms with Gasteiger partial charge in [-0.15, -0.1) is 11.3 Å². The van der Waals surface area contributed by atoms with Crippen molar-refractivity contribution in [1.29, 1.82) is 0 Å². The summed E-state index contributed by atoms with van der Waals surface area (Å²) in [6, 6.07) is 4.35. The first kappa shape index (κ1) is 17.5. The molecule has 1 aromatic heterocycles. The standard InChI is InChI=1S/C18H26N2O3S2/c21-17(20(15-7-8-15)14-5-1-2-6-14)13-16-9-10-18(24-16)25(22,23)19-11-3-4-12-19/h9-10,14-15H,1-8,11-13H2. The van der Waals surface area contributed by atoms with Gasteiger partial charge in [0.05, 0.1) is 6.42 Å². The van der Waals surface area contributed by atoms with E-state index in [0.29, 0.717) is 35.8 Å². The largest absolute Gasteiger partial charge is 0.336 e. The van der Waals surface area contributed by atoms with Gasteiger partial charge in [0, 0.05) is 30.1 Å². The first-order valence-electron chi connectivity index (χ1n) is 9.46. The number of sulfonamides is 1. The lowest BCUT2D eigenvalue weighted by Crippen LogP contribution is -2.41. The van der Waals surface area contributed by atoms with E-state index < -0.39 is 10.0 Å². The average Bonchev–Trinajstić information content (AvgIpc) is 3.07. The van der Waals surface area contributed by atoms with Crippen molar-refractivity contribution < 1.29 is 13.2 Å². The Morgan fingerprint density at radius 2 is 1.68 bits per heavy atom. The van der Waals surface area contributed by atoms with Crippen LogP contribution in [0.2, 0.25) is 0 Å². The first-order chi connectivity index (χ1) is 12.1. The molecule has 0 radical (unpaired) electrons. The number of rotatable bonds is 6. The maximum atomic E-state index is 12.9. The molecule has 1 amide bonds. The maximum Gasteiger partial charge on any atom is 0.252 e. The van der Waals surface area contributed by atoms with Crippen LogP contribution in [0.5, 0.6) is 0 Å². The molecule has 2 saturated carbocycles. The second kappa shape index (κ2) is 7.00. The lowest BCUT2D eigenvalue weighted by Gasteiger charge is -2.29. The predicted octanol–water partition coefficient (Wildman–Crippen LogP) is 3.01. The van der Waals surface area contributed by atoms with Crippen LogP contribution in [0.15, 0.2) is 16.3 Å². The molecular weight excluding hydrogens is 356 g/mol. The zero-order chi connectivity index (χ0) is 17.4. The summed E-state index contributed by atoms with van der Waals surface area (Å²) < 4.78 is 27.2. The molecule has 0 spiro atoms. The normalized spacial score (nSPS) is 22.6. The minimum atomic E-state index is -3.37. The summed E-state index contributed by atoms with van der Waals surface area (Å²) in [4.78, 5) is 15.9. The number of amides is 1. The van der Waals surface area contributed by atoms with Crippen molar-refractivity contribution in [3.8, 4) is 0 Å². The molecule has 25 heavy (non-hydrogen) atoms. The van der Waals surface area contributed by atoms with Crippen LogP contribution in [0, 0.1) is 0 Å². The van der Waals surface area contributed by atoms with Crippen LogP contribution < -0.4 is 0 Å². The minimum Gasteiger partial charge on any atom is -0.336 e. The summed E-state index contributed by atoms with van der Waals surface area (Å²) in [5.41, 5.74) is 0. The predicted molar refractivity (Wildman–Crippen MR) is 98.1 cm³/mol. The van der Waals surface area contributed by atoms with Gasteiger partial charge in [-0.3, -0.25) is 4.79 Å². The molecule has 4 rings (SSSR count). The van der Waals surface area contributed by atoms with Crippen LogP contribution in [0.25, 0.3) is 0 Å². The first-order valence-corrected chi connectivity index (χ1v) is 11.7. The van der Waals surface area contributed by atoms with Gasteiger partial charge in [0.15, 0.2) is 0 Å². The number of thiophene rings is 1. The molecule has 1 aliphatic heterocycles. The molecule has 3 fully saturated rings. The van der Waals surface area contributed by atoms with Crippen LogP contribution in [0.1, 0.15) is 56.2 Å². The molecule has 1 saturated heterocycles. The molecule has 0 N–H and O–H groups in total. The van der Waals surface area contributed by atoms with Crippen LogP contribution in [-0.4, -0.2) is 48.7 Å². The van der Waals surface area contributed by atoms with Gasteiger partial charge in [0.2, 0.25) is 5.91 Å². The van der Waals surface area contributed by atoms with E-state index in [-0.39, 0.29) is 5.91 Å².